The van der Waals surface area contributed by atoms with Crippen LogP contribution in [0.4, 0.5) is 11.4 Å². The van der Waals surface area contributed by atoms with Gasteiger partial charge in [-0.2, -0.15) is 5.26 Å². The molecule has 2 aromatic carbocycles. The van der Waals surface area contributed by atoms with Crippen LogP contribution in [0.2, 0.25) is 10.0 Å². The number of nitrogens with zero attached hydrogens (tertiary/aromatic N) is 1. The minimum Gasteiger partial charge on any atom is -0.454 e. The lowest BCUT2D eigenvalue weighted by Crippen LogP contribution is -2.14. The predicted molar refractivity (Wildman–Crippen MR) is 95.0 cm³/mol. The molecule has 1 amide bonds. The topological polar surface area (TPSA) is 83.4 Å². The van der Waals surface area contributed by atoms with Crippen molar-refractivity contribution < 1.29 is 14.3 Å². The van der Waals surface area contributed by atoms with Crippen molar-refractivity contribution in [3.05, 3.63) is 58.2 Å². The van der Waals surface area contributed by atoms with Gasteiger partial charge >= 0.3 is 0 Å². The van der Waals surface area contributed by atoms with E-state index >= 15 is 0 Å². The van der Waals surface area contributed by atoms with E-state index in [-0.39, 0.29) is 17.4 Å². The first kappa shape index (κ1) is 17.0. The van der Waals surface area contributed by atoms with Gasteiger partial charge in [0.1, 0.15) is 11.6 Å². The smallest absolute Gasteiger partial charge is 0.267 e. The van der Waals surface area contributed by atoms with E-state index in [0.29, 0.717) is 27.9 Å². The summed E-state index contributed by atoms with van der Waals surface area (Å²) in [6, 6.07) is 11.7. The lowest BCUT2D eigenvalue weighted by atomic mass is 10.2. The first-order valence-corrected chi connectivity index (χ1v) is 7.85. The standard InChI is InChI=1S/C17H11Cl2N3O3/c18-11-1-3-14(13(19)5-11)22-17(23)10(7-20)8-21-12-2-4-15-16(6-12)25-9-24-15/h1-6,8,21H,9H2,(H,22,23)/b10-8-. The van der Waals surface area contributed by atoms with E-state index < -0.39 is 5.91 Å². The molecule has 2 N–H and O–H groups in total. The highest BCUT2D eigenvalue weighted by molar-refractivity contribution is 6.36. The molecule has 8 heteroatoms. The number of anilines is 2. The third-order valence-electron chi connectivity index (χ3n) is 3.30. The SMILES string of the molecule is N#C/C(=C/Nc1ccc2c(c1)OCO2)C(=O)Nc1ccc(Cl)cc1Cl. The summed E-state index contributed by atoms with van der Waals surface area (Å²) in [5.74, 6) is 0.638. The summed E-state index contributed by atoms with van der Waals surface area (Å²) >= 11 is 11.8. The second-order valence-electron chi connectivity index (χ2n) is 4.96. The molecule has 0 atom stereocenters. The average molecular weight is 376 g/mol. The summed E-state index contributed by atoms with van der Waals surface area (Å²) in [5.41, 5.74) is 0.887. The first-order chi connectivity index (χ1) is 12.1. The highest BCUT2D eigenvalue weighted by Crippen LogP contribution is 2.34. The number of hydrogen-bond acceptors (Lipinski definition) is 5. The summed E-state index contributed by atoms with van der Waals surface area (Å²) in [5, 5.41) is 15.4. The highest BCUT2D eigenvalue weighted by atomic mass is 35.5. The van der Waals surface area contributed by atoms with Gasteiger partial charge in [0.15, 0.2) is 11.5 Å². The molecule has 0 bridgehead atoms. The van der Waals surface area contributed by atoms with E-state index in [1.54, 1.807) is 30.3 Å². The van der Waals surface area contributed by atoms with E-state index in [9.17, 15) is 10.1 Å². The first-order valence-electron chi connectivity index (χ1n) is 7.09. The van der Waals surface area contributed by atoms with Crippen LogP contribution in [0, 0.1) is 11.3 Å². The van der Waals surface area contributed by atoms with Crippen molar-refractivity contribution in [2.45, 2.75) is 0 Å². The van der Waals surface area contributed by atoms with E-state index in [0.717, 1.165) is 0 Å². The van der Waals surface area contributed by atoms with Crippen LogP contribution in [-0.2, 0) is 4.79 Å². The Morgan fingerprint density at radius 3 is 2.72 bits per heavy atom. The number of hydrogen-bond donors (Lipinski definition) is 2. The number of ether oxygens (including phenoxy) is 2. The Labute approximate surface area is 153 Å². The molecule has 0 saturated carbocycles. The van der Waals surface area contributed by atoms with Gasteiger partial charge < -0.3 is 20.1 Å². The molecule has 0 fully saturated rings. The molecule has 0 unspecified atom stereocenters. The van der Waals surface area contributed by atoms with Crippen LogP contribution < -0.4 is 20.1 Å². The zero-order chi connectivity index (χ0) is 17.8. The normalized spacial score (nSPS) is 12.4. The van der Waals surface area contributed by atoms with Crippen molar-refractivity contribution in [1.82, 2.24) is 0 Å². The Bertz CT molecular complexity index is 906. The molecule has 6 nitrogen and oxygen atoms in total. The van der Waals surface area contributed by atoms with Crippen LogP contribution in [0.5, 0.6) is 11.5 Å². The maximum absolute atomic E-state index is 12.2. The molecule has 0 saturated heterocycles. The average Bonchev–Trinajstić information content (AvgIpc) is 3.05. The van der Waals surface area contributed by atoms with Crippen LogP contribution in [0.15, 0.2) is 48.2 Å². The summed E-state index contributed by atoms with van der Waals surface area (Å²) in [7, 11) is 0. The van der Waals surface area contributed by atoms with E-state index in [4.69, 9.17) is 32.7 Å². The maximum atomic E-state index is 12.2. The van der Waals surface area contributed by atoms with Gasteiger partial charge in [0.25, 0.3) is 5.91 Å². The molecule has 1 heterocycles. The third-order valence-corrected chi connectivity index (χ3v) is 3.85. The monoisotopic (exact) mass is 375 g/mol. The zero-order valence-corrected chi connectivity index (χ0v) is 14.2. The number of carbonyl (C=O) groups excluding carboxylic acids is 1. The van der Waals surface area contributed by atoms with Crippen molar-refractivity contribution in [2.75, 3.05) is 17.4 Å². The molecule has 3 rings (SSSR count). The lowest BCUT2D eigenvalue weighted by molar-refractivity contribution is -0.112. The van der Waals surface area contributed by atoms with Crippen LogP contribution in [0.25, 0.3) is 0 Å². The number of fused-ring (bicyclic) bond motifs is 1. The van der Waals surface area contributed by atoms with E-state index in [1.807, 2.05) is 6.07 Å². The number of nitriles is 1. The van der Waals surface area contributed by atoms with Crippen LogP contribution >= 0.6 is 23.2 Å². The molecule has 126 valence electrons. The molecule has 0 aliphatic carbocycles. The van der Waals surface area contributed by atoms with Crippen molar-refractivity contribution in [1.29, 1.82) is 5.26 Å². The molecule has 0 radical (unpaired) electrons. The number of nitrogens with one attached hydrogen (secondary N) is 2. The number of rotatable bonds is 4. The summed E-state index contributed by atoms with van der Waals surface area (Å²) in [6.45, 7) is 0.169. The number of benzene rings is 2. The van der Waals surface area contributed by atoms with E-state index in [1.165, 1.54) is 12.3 Å². The van der Waals surface area contributed by atoms with Crippen LogP contribution in [0.3, 0.4) is 0 Å². The summed E-state index contributed by atoms with van der Waals surface area (Å²) < 4.78 is 10.5. The minimum atomic E-state index is -0.597. The largest absolute Gasteiger partial charge is 0.454 e. The fourth-order valence-corrected chi connectivity index (χ4v) is 2.53. The van der Waals surface area contributed by atoms with Gasteiger partial charge in [-0.25, -0.2) is 0 Å². The second kappa shape index (κ2) is 7.34. The van der Waals surface area contributed by atoms with E-state index in [2.05, 4.69) is 10.6 Å². The van der Waals surface area contributed by atoms with Crippen molar-refractivity contribution in [3.63, 3.8) is 0 Å². The molecule has 0 spiro atoms. The van der Waals surface area contributed by atoms with Crippen LogP contribution in [0.1, 0.15) is 0 Å². The number of amides is 1. The molecular weight excluding hydrogens is 365 g/mol. The van der Waals surface area contributed by atoms with Gasteiger partial charge in [0.05, 0.1) is 10.7 Å². The van der Waals surface area contributed by atoms with Gasteiger partial charge in [-0.15, -0.1) is 0 Å². The third kappa shape index (κ3) is 3.97. The molecule has 1 aliphatic heterocycles. The Hall–Kier alpha value is -2.88. The Morgan fingerprint density at radius 1 is 1.16 bits per heavy atom. The zero-order valence-electron chi connectivity index (χ0n) is 12.7. The summed E-state index contributed by atoms with van der Waals surface area (Å²) in [6.07, 6.45) is 1.30. The van der Waals surface area contributed by atoms with Crippen molar-refractivity contribution >= 4 is 40.5 Å². The predicted octanol–water partition coefficient (Wildman–Crippen LogP) is 4.18. The Morgan fingerprint density at radius 2 is 1.96 bits per heavy atom. The van der Waals surface area contributed by atoms with Gasteiger partial charge in [0.2, 0.25) is 6.79 Å². The van der Waals surface area contributed by atoms with Gasteiger partial charge in [-0.05, 0) is 30.3 Å². The minimum absolute atomic E-state index is 0.122. The van der Waals surface area contributed by atoms with Gasteiger partial charge in [-0.3, -0.25) is 4.79 Å². The summed E-state index contributed by atoms with van der Waals surface area (Å²) in [4.78, 5) is 12.2. The Kier molecular flexibility index (Phi) is 4.98. The maximum Gasteiger partial charge on any atom is 0.267 e. The highest BCUT2D eigenvalue weighted by Gasteiger charge is 2.14. The molecule has 0 aromatic heterocycles. The van der Waals surface area contributed by atoms with Crippen LogP contribution in [-0.4, -0.2) is 12.7 Å². The lowest BCUT2D eigenvalue weighted by Gasteiger charge is -2.07. The second-order valence-corrected chi connectivity index (χ2v) is 5.80. The van der Waals surface area contributed by atoms with Gasteiger partial charge in [-0.1, -0.05) is 23.2 Å². The molecule has 1 aliphatic rings. The fraction of sp³-hybridized carbons (Fsp3) is 0.0588. The number of halogens is 2. The quantitative estimate of drug-likeness (QED) is 0.618. The Balaban J connectivity index is 1.71. The van der Waals surface area contributed by atoms with Crippen molar-refractivity contribution in [2.24, 2.45) is 0 Å². The van der Waals surface area contributed by atoms with Gasteiger partial charge in [0, 0.05) is 23.0 Å². The number of carbonyl (C=O) groups is 1. The molecular formula is C17H11Cl2N3O3. The fourth-order valence-electron chi connectivity index (χ4n) is 2.07. The molecule has 2 aromatic rings. The molecule has 25 heavy (non-hydrogen) atoms. The van der Waals surface area contributed by atoms with Crippen molar-refractivity contribution in [3.8, 4) is 17.6 Å².